The Hall–Kier alpha value is -1.10. The number of aliphatic imine (C=N–C) groups is 1. The van der Waals surface area contributed by atoms with Crippen LogP contribution in [0.3, 0.4) is 0 Å². The van der Waals surface area contributed by atoms with Gasteiger partial charge < -0.3 is 10.1 Å². The third-order valence-corrected chi connectivity index (χ3v) is 3.40. The standard InChI is InChI=1S/C10H15N3O2/c1-6-10(4-5-15-6)8(14)12-9(13-10)11-7-2-3-7/h6-7H,2-5H2,1H3,(H2,11,12,13,14). The van der Waals surface area contributed by atoms with Crippen LogP contribution in [0.2, 0.25) is 0 Å². The van der Waals surface area contributed by atoms with Gasteiger partial charge in [-0.15, -0.1) is 0 Å². The molecule has 2 unspecified atom stereocenters. The van der Waals surface area contributed by atoms with E-state index in [-0.39, 0.29) is 12.0 Å². The zero-order valence-corrected chi connectivity index (χ0v) is 8.75. The molecule has 3 fully saturated rings. The molecule has 0 aromatic carbocycles. The van der Waals surface area contributed by atoms with Gasteiger partial charge in [-0.3, -0.25) is 10.1 Å². The van der Waals surface area contributed by atoms with Crippen LogP contribution in [-0.2, 0) is 9.53 Å². The van der Waals surface area contributed by atoms with E-state index in [1.165, 1.54) is 0 Å². The molecule has 15 heavy (non-hydrogen) atoms. The molecule has 2 N–H and O–H groups in total. The van der Waals surface area contributed by atoms with E-state index in [0.29, 0.717) is 18.6 Å². The molecule has 5 nitrogen and oxygen atoms in total. The number of guanidine groups is 1. The van der Waals surface area contributed by atoms with Crippen molar-refractivity contribution in [2.24, 2.45) is 4.99 Å². The van der Waals surface area contributed by atoms with Gasteiger partial charge in [0.2, 0.25) is 0 Å². The van der Waals surface area contributed by atoms with Gasteiger partial charge >= 0.3 is 0 Å². The first-order valence-corrected chi connectivity index (χ1v) is 5.50. The predicted octanol–water partition coefficient (Wildman–Crippen LogP) is -0.228. The highest BCUT2D eigenvalue weighted by atomic mass is 16.5. The highest BCUT2D eigenvalue weighted by Gasteiger charge is 2.53. The molecule has 2 atom stereocenters. The van der Waals surface area contributed by atoms with Crippen LogP contribution in [0, 0.1) is 0 Å². The lowest BCUT2D eigenvalue weighted by atomic mass is 9.93. The van der Waals surface area contributed by atoms with Crippen LogP contribution in [0.4, 0.5) is 0 Å². The number of rotatable bonds is 1. The molecule has 3 aliphatic rings. The van der Waals surface area contributed by atoms with Crippen LogP contribution >= 0.6 is 0 Å². The lowest BCUT2D eigenvalue weighted by Crippen LogP contribution is -2.52. The second-order valence-electron chi connectivity index (χ2n) is 4.52. The monoisotopic (exact) mass is 209 g/mol. The van der Waals surface area contributed by atoms with Crippen molar-refractivity contribution in [2.45, 2.75) is 43.9 Å². The summed E-state index contributed by atoms with van der Waals surface area (Å²) >= 11 is 0. The summed E-state index contributed by atoms with van der Waals surface area (Å²) < 4.78 is 5.45. The molecule has 2 saturated heterocycles. The van der Waals surface area contributed by atoms with Gasteiger partial charge in [-0.1, -0.05) is 0 Å². The smallest absolute Gasteiger partial charge is 0.255 e. The third-order valence-electron chi connectivity index (χ3n) is 3.40. The van der Waals surface area contributed by atoms with Gasteiger partial charge in [-0.25, -0.2) is 4.99 Å². The third kappa shape index (κ3) is 1.33. The SMILES string of the molecule is CC1OCCC12NC(=NC1CC1)NC2=O. The van der Waals surface area contributed by atoms with E-state index in [9.17, 15) is 4.79 Å². The van der Waals surface area contributed by atoms with Crippen molar-refractivity contribution in [2.75, 3.05) is 6.61 Å². The van der Waals surface area contributed by atoms with Gasteiger partial charge in [0.25, 0.3) is 5.91 Å². The highest BCUT2D eigenvalue weighted by molar-refractivity contribution is 6.09. The molecule has 0 bridgehead atoms. The van der Waals surface area contributed by atoms with E-state index in [0.717, 1.165) is 19.3 Å². The summed E-state index contributed by atoms with van der Waals surface area (Å²) in [6.07, 6.45) is 2.92. The fourth-order valence-electron chi connectivity index (χ4n) is 2.17. The Balaban J connectivity index is 1.83. The van der Waals surface area contributed by atoms with Crippen LogP contribution < -0.4 is 10.6 Å². The molecule has 2 heterocycles. The maximum Gasteiger partial charge on any atom is 0.255 e. The highest BCUT2D eigenvalue weighted by Crippen LogP contribution is 2.30. The average molecular weight is 209 g/mol. The van der Waals surface area contributed by atoms with Gasteiger partial charge in [-0.05, 0) is 19.8 Å². The van der Waals surface area contributed by atoms with E-state index in [4.69, 9.17) is 4.74 Å². The zero-order chi connectivity index (χ0) is 10.5. The summed E-state index contributed by atoms with van der Waals surface area (Å²) in [6.45, 7) is 2.57. The van der Waals surface area contributed by atoms with Gasteiger partial charge in [0.15, 0.2) is 5.96 Å². The van der Waals surface area contributed by atoms with Crippen molar-refractivity contribution in [1.82, 2.24) is 10.6 Å². The molecule has 82 valence electrons. The van der Waals surface area contributed by atoms with Crippen molar-refractivity contribution in [3.8, 4) is 0 Å². The maximum absolute atomic E-state index is 11.9. The molecular formula is C10H15N3O2. The minimum absolute atomic E-state index is 0.00639. The molecule has 0 aromatic rings. The average Bonchev–Trinajstić information content (AvgIpc) is 2.84. The summed E-state index contributed by atoms with van der Waals surface area (Å²) in [6, 6.07) is 0.417. The number of nitrogens with one attached hydrogen (secondary N) is 2. The molecule has 2 aliphatic heterocycles. The van der Waals surface area contributed by atoms with E-state index < -0.39 is 5.54 Å². The number of nitrogens with zero attached hydrogens (tertiary/aromatic N) is 1. The first-order valence-electron chi connectivity index (χ1n) is 5.50. The number of carbonyl (C=O) groups excluding carboxylic acids is 1. The van der Waals surface area contributed by atoms with Gasteiger partial charge in [0.05, 0.1) is 12.1 Å². The Labute approximate surface area is 88.3 Å². The molecular weight excluding hydrogens is 194 g/mol. The fourth-order valence-corrected chi connectivity index (χ4v) is 2.17. The van der Waals surface area contributed by atoms with E-state index in [1.54, 1.807) is 0 Å². The second kappa shape index (κ2) is 2.95. The fraction of sp³-hybridized carbons (Fsp3) is 0.800. The van der Waals surface area contributed by atoms with Crippen LogP contribution in [0.25, 0.3) is 0 Å². The Kier molecular flexibility index (Phi) is 1.80. The first kappa shape index (κ1) is 9.15. The molecule has 5 heteroatoms. The minimum Gasteiger partial charge on any atom is -0.375 e. The molecule has 3 rings (SSSR count). The molecule has 0 radical (unpaired) electrons. The maximum atomic E-state index is 11.9. The van der Waals surface area contributed by atoms with Crippen molar-refractivity contribution in [1.29, 1.82) is 0 Å². The van der Waals surface area contributed by atoms with Crippen LogP contribution in [0.5, 0.6) is 0 Å². The zero-order valence-electron chi connectivity index (χ0n) is 8.75. The van der Waals surface area contributed by atoms with E-state index >= 15 is 0 Å². The summed E-state index contributed by atoms with van der Waals surface area (Å²) in [5, 5.41) is 6.01. The van der Waals surface area contributed by atoms with Crippen molar-refractivity contribution in [3.63, 3.8) is 0 Å². The Bertz CT molecular complexity index is 338. The molecule has 1 saturated carbocycles. The minimum atomic E-state index is -0.562. The number of hydrogen-bond donors (Lipinski definition) is 2. The molecule has 0 aromatic heterocycles. The Morgan fingerprint density at radius 2 is 2.33 bits per heavy atom. The summed E-state index contributed by atoms with van der Waals surface area (Å²) in [5.41, 5.74) is -0.562. The predicted molar refractivity (Wildman–Crippen MR) is 54.5 cm³/mol. The number of amides is 1. The molecule has 1 amide bonds. The lowest BCUT2D eigenvalue weighted by Gasteiger charge is -2.23. The summed E-state index contributed by atoms with van der Waals surface area (Å²) in [4.78, 5) is 16.3. The number of hydrogen-bond acceptors (Lipinski definition) is 3. The van der Waals surface area contributed by atoms with Crippen LogP contribution in [0.15, 0.2) is 4.99 Å². The van der Waals surface area contributed by atoms with Crippen molar-refractivity contribution >= 4 is 11.9 Å². The molecule has 1 aliphatic carbocycles. The quantitative estimate of drug-likeness (QED) is 0.627. The van der Waals surface area contributed by atoms with E-state index in [1.807, 2.05) is 6.92 Å². The van der Waals surface area contributed by atoms with Crippen molar-refractivity contribution < 1.29 is 9.53 Å². The Morgan fingerprint density at radius 1 is 1.53 bits per heavy atom. The van der Waals surface area contributed by atoms with Gasteiger partial charge in [0.1, 0.15) is 5.54 Å². The summed E-state index contributed by atoms with van der Waals surface area (Å²) in [7, 11) is 0. The topological polar surface area (TPSA) is 62.7 Å². The van der Waals surface area contributed by atoms with Gasteiger partial charge in [-0.2, -0.15) is 0 Å². The van der Waals surface area contributed by atoms with Gasteiger partial charge in [0, 0.05) is 13.0 Å². The van der Waals surface area contributed by atoms with Crippen LogP contribution in [-0.4, -0.2) is 36.2 Å². The van der Waals surface area contributed by atoms with E-state index in [2.05, 4.69) is 15.6 Å². The second-order valence-corrected chi connectivity index (χ2v) is 4.52. The number of ether oxygens (including phenoxy) is 1. The van der Waals surface area contributed by atoms with Crippen molar-refractivity contribution in [3.05, 3.63) is 0 Å². The lowest BCUT2D eigenvalue weighted by molar-refractivity contribution is -0.125. The first-order chi connectivity index (χ1) is 7.21. The normalized spacial score (nSPS) is 42.3. The Morgan fingerprint density at radius 3 is 2.93 bits per heavy atom. The molecule has 1 spiro atoms. The number of carbonyl (C=O) groups is 1. The summed E-state index contributed by atoms with van der Waals surface area (Å²) in [5.74, 6) is 0.645. The van der Waals surface area contributed by atoms with Crippen LogP contribution in [0.1, 0.15) is 26.2 Å². The largest absolute Gasteiger partial charge is 0.375 e.